The van der Waals surface area contributed by atoms with E-state index in [9.17, 15) is 4.79 Å². The molecule has 0 aliphatic carbocycles. The van der Waals surface area contributed by atoms with Crippen LogP contribution >= 0.6 is 0 Å². The quantitative estimate of drug-likeness (QED) is 0.832. The number of ether oxygens (including phenoxy) is 1. The van der Waals surface area contributed by atoms with Gasteiger partial charge in [0.15, 0.2) is 0 Å². The molecule has 2 rings (SSSR count). The van der Waals surface area contributed by atoms with E-state index >= 15 is 0 Å². The van der Waals surface area contributed by atoms with Gasteiger partial charge in [-0.1, -0.05) is 6.07 Å². The first-order valence-corrected chi connectivity index (χ1v) is 6.18. The third-order valence-electron chi connectivity index (χ3n) is 3.14. The molecule has 1 aliphatic heterocycles. The molecule has 1 aliphatic rings. The Morgan fingerprint density at radius 1 is 1.61 bits per heavy atom. The summed E-state index contributed by atoms with van der Waals surface area (Å²) in [6.07, 6.45) is -0.0741. The second-order valence-electron chi connectivity index (χ2n) is 4.66. The molecule has 1 aromatic rings. The number of hydrogen-bond acceptors (Lipinski definition) is 4. The van der Waals surface area contributed by atoms with E-state index in [0.717, 1.165) is 5.69 Å². The minimum atomic E-state index is -0.0741. The monoisotopic (exact) mass is 249 g/mol. The van der Waals surface area contributed by atoms with Gasteiger partial charge < -0.3 is 15.4 Å². The molecule has 1 saturated heterocycles. The number of rotatable bonds is 2. The highest BCUT2D eigenvalue weighted by atomic mass is 16.5. The minimum absolute atomic E-state index is 0.0482. The SMILES string of the molecule is Cc1cccc(C(=O)N2CC(CN)OCC2C)n1. The fraction of sp³-hybridized carbons (Fsp3) is 0.538. The number of morpholine rings is 1. The molecule has 1 aromatic heterocycles. The number of carbonyl (C=O) groups excluding carboxylic acids is 1. The number of hydrogen-bond donors (Lipinski definition) is 1. The fourth-order valence-corrected chi connectivity index (χ4v) is 2.05. The molecule has 5 heteroatoms. The zero-order chi connectivity index (χ0) is 13.1. The van der Waals surface area contributed by atoms with Crippen LogP contribution in [-0.2, 0) is 4.74 Å². The lowest BCUT2D eigenvalue weighted by Crippen LogP contribution is -2.53. The zero-order valence-corrected chi connectivity index (χ0v) is 10.8. The zero-order valence-electron chi connectivity index (χ0n) is 10.8. The average Bonchev–Trinajstić information content (AvgIpc) is 2.38. The summed E-state index contributed by atoms with van der Waals surface area (Å²) in [4.78, 5) is 18.5. The van der Waals surface area contributed by atoms with Gasteiger partial charge in [0.25, 0.3) is 5.91 Å². The lowest BCUT2D eigenvalue weighted by molar-refractivity contribution is -0.0428. The van der Waals surface area contributed by atoms with Gasteiger partial charge in [-0.15, -0.1) is 0 Å². The first-order valence-electron chi connectivity index (χ1n) is 6.18. The van der Waals surface area contributed by atoms with E-state index in [0.29, 0.717) is 25.4 Å². The van der Waals surface area contributed by atoms with Gasteiger partial charge in [-0.3, -0.25) is 4.79 Å². The van der Waals surface area contributed by atoms with Crippen molar-refractivity contribution in [3.63, 3.8) is 0 Å². The average molecular weight is 249 g/mol. The second kappa shape index (κ2) is 5.46. The maximum atomic E-state index is 12.4. The molecule has 0 bridgehead atoms. The number of carbonyl (C=O) groups is 1. The first-order chi connectivity index (χ1) is 8.61. The Hall–Kier alpha value is -1.46. The molecule has 2 N–H and O–H groups in total. The van der Waals surface area contributed by atoms with Crippen molar-refractivity contribution in [3.8, 4) is 0 Å². The topological polar surface area (TPSA) is 68.5 Å². The van der Waals surface area contributed by atoms with Gasteiger partial charge in [-0.25, -0.2) is 4.98 Å². The van der Waals surface area contributed by atoms with E-state index in [1.54, 1.807) is 11.0 Å². The van der Waals surface area contributed by atoms with Crippen molar-refractivity contribution in [1.29, 1.82) is 0 Å². The fourth-order valence-electron chi connectivity index (χ4n) is 2.05. The molecule has 5 nitrogen and oxygen atoms in total. The number of aryl methyl sites for hydroxylation is 1. The van der Waals surface area contributed by atoms with Crippen LogP contribution in [0.15, 0.2) is 18.2 Å². The van der Waals surface area contributed by atoms with E-state index in [-0.39, 0.29) is 18.1 Å². The Bertz CT molecular complexity index is 436. The Balaban J connectivity index is 2.16. The van der Waals surface area contributed by atoms with Gasteiger partial charge in [0.1, 0.15) is 5.69 Å². The summed E-state index contributed by atoms with van der Waals surface area (Å²) in [5.41, 5.74) is 6.93. The van der Waals surface area contributed by atoms with Crippen molar-refractivity contribution in [1.82, 2.24) is 9.88 Å². The van der Waals surface area contributed by atoms with Crippen LogP contribution < -0.4 is 5.73 Å². The molecule has 0 spiro atoms. The molecule has 1 fully saturated rings. The van der Waals surface area contributed by atoms with Crippen molar-refractivity contribution in [3.05, 3.63) is 29.6 Å². The largest absolute Gasteiger partial charge is 0.373 e. The summed E-state index contributed by atoms with van der Waals surface area (Å²) in [6, 6.07) is 5.53. The summed E-state index contributed by atoms with van der Waals surface area (Å²) in [5.74, 6) is -0.0482. The van der Waals surface area contributed by atoms with Crippen LogP contribution in [0.2, 0.25) is 0 Å². The van der Waals surface area contributed by atoms with E-state index < -0.39 is 0 Å². The van der Waals surface area contributed by atoms with E-state index in [1.165, 1.54) is 0 Å². The highest BCUT2D eigenvalue weighted by molar-refractivity contribution is 5.92. The molecular weight excluding hydrogens is 230 g/mol. The third-order valence-corrected chi connectivity index (χ3v) is 3.14. The van der Waals surface area contributed by atoms with Crippen molar-refractivity contribution in [2.45, 2.75) is 26.0 Å². The first kappa shape index (κ1) is 13.0. The molecule has 2 atom stereocenters. The maximum absolute atomic E-state index is 12.4. The van der Waals surface area contributed by atoms with Crippen molar-refractivity contribution in [2.75, 3.05) is 19.7 Å². The van der Waals surface area contributed by atoms with Gasteiger partial charge in [0.2, 0.25) is 0 Å². The van der Waals surface area contributed by atoms with Crippen LogP contribution in [0.1, 0.15) is 23.1 Å². The molecule has 0 saturated carbocycles. The standard InChI is InChI=1S/C13H19N3O2/c1-9-4-3-5-12(15-9)13(17)16-7-11(6-14)18-8-10(16)2/h3-5,10-11H,6-8,14H2,1-2H3. The summed E-state index contributed by atoms with van der Waals surface area (Å²) in [6.45, 7) is 5.34. The molecule has 0 aromatic carbocycles. The third kappa shape index (κ3) is 2.68. The van der Waals surface area contributed by atoms with Gasteiger partial charge in [-0.05, 0) is 26.0 Å². The predicted octanol–water partition coefficient (Wildman–Crippen LogP) is 0.578. The number of pyridine rings is 1. The maximum Gasteiger partial charge on any atom is 0.272 e. The molecular formula is C13H19N3O2. The van der Waals surface area contributed by atoms with Crippen LogP contribution in [-0.4, -0.2) is 47.6 Å². The van der Waals surface area contributed by atoms with Crippen molar-refractivity contribution >= 4 is 5.91 Å². The summed E-state index contributed by atoms with van der Waals surface area (Å²) in [5, 5.41) is 0. The summed E-state index contributed by atoms with van der Waals surface area (Å²) < 4.78 is 5.54. The Morgan fingerprint density at radius 3 is 3.06 bits per heavy atom. The molecule has 2 heterocycles. The van der Waals surface area contributed by atoms with Crippen LogP contribution in [0.4, 0.5) is 0 Å². The second-order valence-corrected chi connectivity index (χ2v) is 4.66. The van der Waals surface area contributed by atoms with E-state index in [2.05, 4.69) is 4.98 Å². The van der Waals surface area contributed by atoms with Gasteiger partial charge >= 0.3 is 0 Å². The Kier molecular flexibility index (Phi) is 3.93. The van der Waals surface area contributed by atoms with Crippen molar-refractivity contribution < 1.29 is 9.53 Å². The molecule has 18 heavy (non-hydrogen) atoms. The van der Waals surface area contributed by atoms with Crippen LogP contribution in [0.25, 0.3) is 0 Å². The molecule has 0 radical (unpaired) electrons. The molecule has 1 amide bonds. The van der Waals surface area contributed by atoms with Gasteiger partial charge in [-0.2, -0.15) is 0 Å². The number of amides is 1. The van der Waals surface area contributed by atoms with Gasteiger partial charge in [0.05, 0.1) is 18.8 Å². The number of nitrogens with two attached hydrogens (primary N) is 1. The Labute approximate surface area is 107 Å². The van der Waals surface area contributed by atoms with E-state index in [1.807, 2.05) is 26.0 Å². The Morgan fingerprint density at radius 2 is 2.39 bits per heavy atom. The van der Waals surface area contributed by atoms with E-state index in [4.69, 9.17) is 10.5 Å². The number of aromatic nitrogens is 1. The lowest BCUT2D eigenvalue weighted by atomic mass is 10.1. The molecule has 2 unspecified atom stereocenters. The van der Waals surface area contributed by atoms with Crippen molar-refractivity contribution in [2.24, 2.45) is 5.73 Å². The van der Waals surface area contributed by atoms with Crippen LogP contribution in [0.5, 0.6) is 0 Å². The summed E-state index contributed by atoms with van der Waals surface area (Å²) >= 11 is 0. The predicted molar refractivity (Wildman–Crippen MR) is 68.3 cm³/mol. The normalized spacial score (nSPS) is 24.1. The lowest BCUT2D eigenvalue weighted by Gasteiger charge is -2.37. The van der Waals surface area contributed by atoms with Crippen LogP contribution in [0, 0.1) is 6.92 Å². The number of nitrogens with zero attached hydrogens (tertiary/aromatic N) is 2. The highest BCUT2D eigenvalue weighted by Gasteiger charge is 2.30. The molecule has 98 valence electrons. The summed E-state index contributed by atoms with van der Waals surface area (Å²) in [7, 11) is 0. The smallest absolute Gasteiger partial charge is 0.272 e. The highest BCUT2D eigenvalue weighted by Crippen LogP contribution is 2.14. The minimum Gasteiger partial charge on any atom is -0.373 e. The van der Waals surface area contributed by atoms with Crippen LogP contribution in [0.3, 0.4) is 0 Å². The van der Waals surface area contributed by atoms with Gasteiger partial charge in [0, 0.05) is 18.8 Å².